The van der Waals surface area contributed by atoms with Crippen LogP contribution in [0.15, 0.2) is 65.6 Å². The highest BCUT2D eigenvalue weighted by Crippen LogP contribution is 2.30. The first-order chi connectivity index (χ1) is 16.1. The summed E-state index contributed by atoms with van der Waals surface area (Å²) in [6, 6.07) is 15.6. The SMILES string of the molecule is COc1ccc(NS(=O)(=O)c2cc(NC(=O)c3ccc(C)c(NC(C)=O)c3)ccc2OC)cc1. The van der Waals surface area contributed by atoms with Gasteiger partial charge in [-0.25, -0.2) is 8.42 Å². The summed E-state index contributed by atoms with van der Waals surface area (Å²) in [5, 5.41) is 5.36. The fourth-order valence-electron chi connectivity index (χ4n) is 3.12. The van der Waals surface area contributed by atoms with Crippen LogP contribution in [0.1, 0.15) is 22.8 Å². The van der Waals surface area contributed by atoms with Crippen LogP contribution in [0.25, 0.3) is 0 Å². The van der Waals surface area contributed by atoms with Crippen molar-refractivity contribution in [2.75, 3.05) is 29.6 Å². The standard InChI is InChI=1S/C24H25N3O6S/c1-15-5-6-17(13-21(15)25-16(2)28)24(29)26-19-9-12-22(33-4)23(14-19)34(30,31)27-18-7-10-20(32-3)11-8-18/h5-14,27H,1-4H3,(H,25,28)(H,26,29). The summed E-state index contributed by atoms with van der Waals surface area (Å²) in [6.07, 6.45) is 0. The maximum atomic E-state index is 13.1. The fraction of sp³-hybridized carbons (Fsp3) is 0.167. The van der Waals surface area contributed by atoms with Gasteiger partial charge in [0.05, 0.1) is 14.2 Å². The van der Waals surface area contributed by atoms with Crippen LogP contribution in [0.2, 0.25) is 0 Å². The van der Waals surface area contributed by atoms with Crippen LogP contribution in [-0.2, 0) is 14.8 Å². The highest BCUT2D eigenvalue weighted by molar-refractivity contribution is 7.92. The molecule has 0 aliphatic carbocycles. The topological polar surface area (TPSA) is 123 Å². The fourth-order valence-corrected chi connectivity index (χ4v) is 4.38. The van der Waals surface area contributed by atoms with Gasteiger partial charge in [0.25, 0.3) is 15.9 Å². The molecule has 0 saturated heterocycles. The van der Waals surface area contributed by atoms with Crippen molar-refractivity contribution in [1.82, 2.24) is 0 Å². The van der Waals surface area contributed by atoms with Crippen LogP contribution in [0.4, 0.5) is 17.1 Å². The molecule has 3 aromatic rings. The molecule has 0 unspecified atom stereocenters. The zero-order valence-electron chi connectivity index (χ0n) is 19.1. The van der Waals surface area contributed by atoms with Crippen molar-refractivity contribution in [2.45, 2.75) is 18.7 Å². The van der Waals surface area contributed by atoms with E-state index in [9.17, 15) is 18.0 Å². The summed E-state index contributed by atoms with van der Waals surface area (Å²) in [4.78, 5) is 24.1. The molecule has 3 N–H and O–H groups in total. The van der Waals surface area contributed by atoms with Crippen molar-refractivity contribution in [3.05, 3.63) is 71.8 Å². The Morgan fingerprint density at radius 2 is 1.50 bits per heavy atom. The van der Waals surface area contributed by atoms with Crippen molar-refractivity contribution in [3.63, 3.8) is 0 Å². The Morgan fingerprint density at radius 3 is 2.12 bits per heavy atom. The minimum atomic E-state index is -4.04. The van der Waals surface area contributed by atoms with E-state index in [0.717, 1.165) is 5.56 Å². The molecule has 0 spiro atoms. The molecule has 34 heavy (non-hydrogen) atoms. The summed E-state index contributed by atoms with van der Waals surface area (Å²) >= 11 is 0. The number of carbonyl (C=O) groups excluding carboxylic acids is 2. The number of carbonyl (C=O) groups is 2. The van der Waals surface area contributed by atoms with E-state index < -0.39 is 15.9 Å². The van der Waals surface area contributed by atoms with Gasteiger partial charge in [-0.15, -0.1) is 0 Å². The first kappa shape index (κ1) is 24.6. The molecule has 2 amide bonds. The molecular weight excluding hydrogens is 458 g/mol. The third-order valence-corrected chi connectivity index (χ3v) is 6.27. The predicted octanol–water partition coefficient (Wildman–Crippen LogP) is 4.02. The van der Waals surface area contributed by atoms with Crippen molar-refractivity contribution in [1.29, 1.82) is 0 Å². The summed E-state index contributed by atoms with van der Waals surface area (Å²) in [7, 11) is -1.17. The normalized spacial score (nSPS) is 10.8. The van der Waals surface area contributed by atoms with E-state index in [1.165, 1.54) is 39.3 Å². The summed E-state index contributed by atoms with van der Waals surface area (Å²) in [5.41, 5.74) is 2.20. The average Bonchev–Trinajstić information content (AvgIpc) is 2.80. The van der Waals surface area contributed by atoms with Gasteiger partial charge < -0.3 is 20.1 Å². The lowest BCUT2D eigenvalue weighted by Crippen LogP contribution is -2.16. The molecule has 0 bridgehead atoms. The van der Waals surface area contributed by atoms with Crippen molar-refractivity contribution < 1.29 is 27.5 Å². The highest BCUT2D eigenvalue weighted by Gasteiger charge is 2.21. The number of hydrogen-bond acceptors (Lipinski definition) is 6. The second-order valence-corrected chi connectivity index (χ2v) is 9.02. The lowest BCUT2D eigenvalue weighted by Gasteiger charge is -2.14. The van der Waals surface area contributed by atoms with Crippen molar-refractivity contribution in [3.8, 4) is 11.5 Å². The number of anilines is 3. The second-order valence-electron chi connectivity index (χ2n) is 7.36. The second kappa shape index (κ2) is 10.3. The van der Waals surface area contributed by atoms with Crippen LogP contribution >= 0.6 is 0 Å². The molecule has 0 heterocycles. The van der Waals surface area contributed by atoms with E-state index in [1.54, 1.807) is 42.5 Å². The number of methoxy groups -OCH3 is 2. The number of rotatable bonds is 8. The zero-order valence-corrected chi connectivity index (χ0v) is 19.9. The molecular formula is C24H25N3O6S. The summed E-state index contributed by atoms with van der Waals surface area (Å²) < 4.78 is 38.9. The Balaban J connectivity index is 1.87. The Bertz CT molecular complexity index is 1320. The van der Waals surface area contributed by atoms with E-state index >= 15 is 0 Å². The number of nitrogens with one attached hydrogen (secondary N) is 3. The first-order valence-electron chi connectivity index (χ1n) is 10.2. The lowest BCUT2D eigenvalue weighted by atomic mass is 10.1. The predicted molar refractivity (Wildman–Crippen MR) is 130 cm³/mol. The van der Waals surface area contributed by atoms with Gasteiger partial charge in [0.2, 0.25) is 5.91 Å². The Labute approximate surface area is 198 Å². The van der Waals surface area contributed by atoms with Crippen molar-refractivity contribution >= 4 is 38.9 Å². The first-order valence-corrected chi connectivity index (χ1v) is 11.7. The molecule has 0 aliphatic rings. The molecule has 10 heteroatoms. The van der Waals surface area contributed by atoms with Crippen molar-refractivity contribution in [2.24, 2.45) is 0 Å². The Hall–Kier alpha value is -4.05. The van der Waals surface area contributed by atoms with Gasteiger partial charge in [-0.1, -0.05) is 6.07 Å². The smallest absolute Gasteiger partial charge is 0.265 e. The van der Waals surface area contributed by atoms with Gasteiger partial charge >= 0.3 is 0 Å². The Morgan fingerprint density at radius 1 is 0.824 bits per heavy atom. The van der Waals surface area contributed by atoms with E-state index in [4.69, 9.17) is 9.47 Å². The quantitative estimate of drug-likeness (QED) is 0.445. The van der Waals surface area contributed by atoms with Gasteiger partial charge in [0, 0.05) is 29.5 Å². The third kappa shape index (κ3) is 5.84. The van der Waals surface area contributed by atoms with E-state index in [0.29, 0.717) is 22.7 Å². The van der Waals surface area contributed by atoms with Gasteiger partial charge in [0.1, 0.15) is 16.4 Å². The van der Waals surface area contributed by atoms with Gasteiger partial charge in [-0.3, -0.25) is 14.3 Å². The van der Waals surface area contributed by atoms with Gasteiger partial charge in [-0.05, 0) is 67.1 Å². The molecule has 0 atom stereocenters. The molecule has 3 rings (SSSR count). The maximum absolute atomic E-state index is 13.1. The molecule has 0 saturated carbocycles. The molecule has 178 valence electrons. The largest absolute Gasteiger partial charge is 0.497 e. The molecule has 0 aromatic heterocycles. The lowest BCUT2D eigenvalue weighted by molar-refractivity contribution is -0.114. The molecule has 0 aliphatic heterocycles. The molecule has 0 fully saturated rings. The summed E-state index contributed by atoms with van der Waals surface area (Å²) in [5.74, 6) is -0.0245. The monoisotopic (exact) mass is 483 g/mol. The number of aryl methyl sites for hydroxylation is 1. The van der Waals surface area contributed by atoms with Gasteiger partial charge in [0.15, 0.2) is 0 Å². The maximum Gasteiger partial charge on any atom is 0.265 e. The van der Waals surface area contributed by atoms with Gasteiger partial charge in [-0.2, -0.15) is 0 Å². The minimum Gasteiger partial charge on any atom is -0.497 e. The molecule has 0 radical (unpaired) electrons. The van der Waals surface area contributed by atoms with E-state index in [-0.39, 0.29) is 22.2 Å². The molecule has 9 nitrogen and oxygen atoms in total. The van der Waals surface area contributed by atoms with Crippen LogP contribution in [0.3, 0.4) is 0 Å². The van der Waals surface area contributed by atoms with Crippen LogP contribution < -0.4 is 24.8 Å². The Kier molecular flexibility index (Phi) is 7.42. The highest BCUT2D eigenvalue weighted by atomic mass is 32.2. The van der Waals surface area contributed by atoms with Crippen LogP contribution in [0.5, 0.6) is 11.5 Å². The zero-order chi connectivity index (χ0) is 24.9. The number of hydrogen-bond donors (Lipinski definition) is 3. The molecule has 3 aromatic carbocycles. The van der Waals surface area contributed by atoms with E-state index in [1.807, 2.05) is 6.92 Å². The van der Waals surface area contributed by atoms with Crippen LogP contribution in [0, 0.1) is 6.92 Å². The third-order valence-electron chi connectivity index (χ3n) is 4.86. The number of amides is 2. The van der Waals surface area contributed by atoms with Crippen LogP contribution in [-0.4, -0.2) is 34.5 Å². The van der Waals surface area contributed by atoms with E-state index in [2.05, 4.69) is 15.4 Å². The average molecular weight is 484 g/mol. The number of sulfonamides is 1. The number of ether oxygens (including phenoxy) is 2. The summed E-state index contributed by atoms with van der Waals surface area (Å²) in [6.45, 7) is 3.19. The number of benzene rings is 3. The minimum absolute atomic E-state index is 0.113.